The van der Waals surface area contributed by atoms with E-state index in [-0.39, 0.29) is 18.5 Å². The van der Waals surface area contributed by atoms with Gasteiger partial charge in [0, 0.05) is 12.8 Å². The third kappa shape index (κ3) is 76.8. The highest BCUT2D eigenvalue weighted by molar-refractivity contribution is 5.76. The van der Waals surface area contributed by atoms with Gasteiger partial charge in [-0.1, -0.05) is 409 Å². The Balaban J connectivity index is 3.38. The summed E-state index contributed by atoms with van der Waals surface area (Å²) in [5.41, 5.74) is 0. The van der Waals surface area contributed by atoms with Crippen molar-refractivity contribution >= 4 is 11.9 Å². The van der Waals surface area contributed by atoms with Crippen molar-refractivity contribution in [3.05, 3.63) is 48.6 Å². The fraction of sp³-hybridized carbons (Fsp3) is 0.884. The number of ether oxygens (including phenoxy) is 1. The number of amides is 1. The molecule has 0 fully saturated rings. The Labute approximate surface area is 576 Å². The number of aliphatic hydroxyl groups excluding tert-OH is 2. The van der Waals surface area contributed by atoms with Crippen molar-refractivity contribution in [2.75, 3.05) is 13.2 Å². The highest BCUT2D eigenvalue weighted by Crippen LogP contribution is 2.20. The molecule has 0 aromatic carbocycles. The minimum atomic E-state index is -0.665. The summed E-state index contributed by atoms with van der Waals surface area (Å²) in [7, 11) is 0. The highest BCUT2D eigenvalue weighted by Gasteiger charge is 2.20. The van der Waals surface area contributed by atoms with Gasteiger partial charge in [0.15, 0.2) is 0 Å². The SMILES string of the molecule is CCCCC/C=C\C/C=C\CCCCCCCC(=O)OCCCCCCCCCCCCC/C=C\C/C=C\CCCCCCCCCCCCCCCCCCCC(=O)NC(CO)C(O)CCCCCCCCCCCCCCCCCCCCCCCCCCC. The molecule has 6 heteroatoms. The van der Waals surface area contributed by atoms with Gasteiger partial charge in [-0.05, 0) is 89.9 Å². The number of unbranched alkanes of at least 4 members (excludes halogenated alkanes) is 60. The fourth-order valence-corrected chi connectivity index (χ4v) is 13.2. The molecule has 2 unspecified atom stereocenters. The standard InChI is InChI=1S/C86H163NO5/c1-3-5-7-9-11-13-15-17-19-20-21-22-23-35-38-41-44-47-51-54-58-62-66-70-74-78-84(89)83(82-88)87-85(90)79-75-71-67-63-59-55-52-48-45-42-39-36-33-31-29-27-25-24-26-28-30-32-34-37-40-43-46-49-53-57-61-65-69-73-77-81-92-86(91)80-76-72-68-64-60-56-50-18-16-14-12-10-8-6-4-2/h12,14,18,26,28,32,34,50,83-84,88-89H,3-11,13,15-17,19-25,27,29-31,33,35-49,51-82H2,1-2H3,(H,87,90)/b14-12-,28-26-,34-32-,50-18-. The van der Waals surface area contributed by atoms with Crippen LogP contribution in [0.2, 0.25) is 0 Å². The van der Waals surface area contributed by atoms with Crippen LogP contribution in [0.3, 0.4) is 0 Å². The number of carbonyl (C=O) groups excluding carboxylic acids is 2. The largest absolute Gasteiger partial charge is 0.466 e. The number of rotatable bonds is 79. The van der Waals surface area contributed by atoms with Crippen LogP contribution < -0.4 is 5.32 Å². The predicted octanol–water partition coefficient (Wildman–Crippen LogP) is 27.9. The van der Waals surface area contributed by atoms with Crippen molar-refractivity contribution in [1.82, 2.24) is 5.32 Å². The van der Waals surface area contributed by atoms with E-state index in [1.54, 1.807) is 0 Å². The number of aliphatic hydroxyl groups is 2. The van der Waals surface area contributed by atoms with E-state index >= 15 is 0 Å². The molecular formula is C86H163NO5. The molecule has 1 amide bonds. The van der Waals surface area contributed by atoms with E-state index < -0.39 is 12.1 Å². The summed E-state index contributed by atoms with van der Waals surface area (Å²) in [6, 6.07) is -0.542. The minimum absolute atomic E-state index is 0.00330. The zero-order valence-electron chi connectivity index (χ0n) is 62.3. The van der Waals surface area contributed by atoms with Gasteiger partial charge in [-0.15, -0.1) is 0 Å². The normalized spacial score (nSPS) is 12.7. The number of hydrogen-bond acceptors (Lipinski definition) is 5. The molecule has 0 radical (unpaired) electrons. The summed E-state index contributed by atoms with van der Waals surface area (Å²) in [5, 5.41) is 23.5. The second-order valence-electron chi connectivity index (χ2n) is 28.8. The molecule has 0 aromatic heterocycles. The number of carbonyl (C=O) groups is 2. The summed E-state index contributed by atoms with van der Waals surface area (Å²) in [6.45, 7) is 4.97. The Morgan fingerprint density at radius 2 is 0.543 bits per heavy atom. The van der Waals surface area contributed by atoms with Crippen LogP contribution in [-0.4, -0.2) is 47.4 Å². The van der Waals surface area contributed by atoms with Gasteiger partial charge in [-0.25, -0.2) is 0 Å². The van der Waals surface area contributed by atoms with E-state index in [9.17, 15) is 19.8 Å². The zero-order valence-corrected chi connectivity index (χ0v) is 62.3. The number of allylic oxidation sites excluding steroid dienone is 8. The lowest BCUT2D eigenvalue weighted by atomic mass is 10.0. The summed E-state index contributed by atoms with van der Waals surface area (Å²) >= 11 is 0. The van der Waals surface area contributed by atoms with Crippen LogP contribution in [0, 0.1) is 0 Å². The topological polar surface area (TPSA) is 95.9 Å². The molecule has 0 saturated heterocycles. The van der Waals surface area contributed by atoms with Gasteiger partial charge in [-0.3, -0.25) is 9.59 Å². The van der Waals surface area contributed by atoms with Crippen molar-refractivity contribution in [2.24, 2.45) is 0 Å². The average Bonchev–Trinajstić information content (AvgIpc) is 3.57. The Kier molecular flexibility index (Phi) is 79.3. The third-order valence-corrected chi connectivity index (χ3v) is 19.6. The zero-order chi connectivity index (χ0) is 66.3. The van der Waals surface area contributed by atoms with Crippen molar-refractivity contribution in [1.29, 1.82) is 0 Å². The van der Waals surface area contributed by atoms with E-state index in [0.717, 1.165) is 57.8 Å². The minimum Gasteiger partial charge on any atom is -0.466 e. The Morgan fingerprint density at radius 1 is 0.304 bits per heavy atom. The van der Waals surface area contributed by atoms with Gasteiger partial charge in [-0.2, -0.15) is 0 Å². The molecule has 0 aromatic rings. The molecule has 0 aliphatic rings. The van der Waals surface area contributed by atoms with Crippen LogP contribution in [0.25, 0.3) is 0 Å². The smallest absolute Gasteiger partial charge is 0.305 e. The summed E-state index contributed by atoms with van der Waals surface area (Å²) in [4.78, 5) is 24.7. The van der Waals surface area contributed by atoms with E-state index in [1.165, 1.54) is 372 Å². The third-order valence-electron chi connectivity index (χ3n) is 19.6. The summed E-state index contributed by atoms with van der Waals surface area (Å²) < 4.78 is 5.49. The van der Waals surface area contributed by atoms with Crippen molar-refractivity contribution < 1.29 is 24.5 Å². The van der Waals surface area contributed by atoms with Crippen molar-refractivity contribution in [3.8, 4) is 0 Å². The molecule has 0 aliphatic heterocycles. The van der Waals surface area contributed by atoms with Gasteiger partial charge in [0.25, 0.3) is 0 Å². The van der Waals surface area contributed by atoms with E-state index in [0.29, 0.717) is 25.9 Å². The first-order valence-electron chi connectivity index (χ1n) is 41.9. The van der Waals surface area contributed by atoms with Crippen LogP contribution in [0.4, 0.5) is 0 Å². The number of hydrogen-bond donors (Lipinski definition) is 3. The Morgan fingerprint density at radius 3 is 0.848 bits per heavy atom. The lowest BCUT2D eigenvalue weighted by Crippen LogP contribution is -2.45. The molecule has 0 spiro atoms. The molecule has 0 saturated carbocycles. The Bertz CT molecular complexity index is 1540. The highest BCUT2D eigenvalue weighted by atomic mass is 16.5. The summed E-state index contributed by atoms with van der Waals surface area (Å²) in [6.07, 6.45) is 108. The molecule has 3 N–H and O–H groups in total. The molecule has 0 bridgehead atoms. The van der Waals surface area contributed by atoms with Crippen LogP contribution >= 0.6 is 0 Å². The molecule has 0 heterocycles. The lowest BCUT2D eigenvalue weighted by Gasteiger charge is -2.22. The monoisotopic (exact) mass is 1290 g/mol. The first-order valence-corrected chi connectivity index (χ1v) is 41.9. The fourth-order valence-electron chi connectivity index (χ4n) is 13.2. The lowest BCUT2D eigenvalue weighted by molar-refractivity contribution is -0.143. The summed E-state index contributed by atoms with van der Waals surface area (Å²) in [5.74, 6) is -0.0238. The second-order valence-corrected chi connectivity index (χ2v) is 28.8. The van der Waals surface area contributed by atoms with Gasteiger partial charge in [0.2, 0.25) is 5.91 Å². The van der Waals surface area contributed by atoms with Crippen LogP contribution in [0.1, 0.15) is 463 Å². The first kappa shape index (κ1) is 89.8. The maximum Gasteiger partial charge on any atom is 0.305 e. The first-order chi connectivity index (χ1) is 45.5. The molecule has 6 nitrogen and oxygen atoms in total. The van der Waals surface area contributed by atoms with Crippen molar-refractivity contribution in [3.63, 3.8) is 0 Å². The van der Waals surface area contributed by atoms with Gasteiger partial charge in [0.1, 0.15) is 0 Å². The van der Waals surface area contributed by atoms with Gasteiger partial charge < -0.3 is 20.3 Å². The van der Waals surface area contributed by atoms with E-state index in [2.05, 4.69) is 67.8 Å². The average molecular weight is 1290 g/mol. The second kappa shape index (κ2) is 81.2. The molecule has 0 rings (SSSR count). The Hall–Kier alpha value is -2.18. The molecular weight excluding hydrogens is 1130 g/mol. The van der Waals surface area contributed by atoms with Crippen LogP contribution in [-0.2, 0) is 14.3 Å². The van der Waals surface area contributed by atoms with Crippen LogP contribution in [0.5, 0.6) is 0 Å². The maximum absolute atomic E-state index is 12.6. The predicted molar refractivity (Wildman–Crippen MR) is 407 cm³/mol. The van der Waals surface area contributed by atoms with E-state index in [4.69, 9.17) is 4.74 Å². The quantitative estimate of drug-likeness (QED) is 0.0320. The molecule has 92 heavy (non-hydrogen) atoms. The maximum atomic E-state index is 12.6. The molecule has 2 atom stereocenters. The number of esters is 1. The van der Waals surface area contributed by atoms with E-state index in [1.807, 2.05) is 0 Å². The molecule has 542 valence electrons. The number of nitrogens with one attached hydrogen (secondary N) is 1. The van der Waals surface area contributed by atoms with Crippen LogP contribution in [0.15, 0.2) is 48.6 Å². The van der Waals surface area contributed by atoms with Gasteiger partial charge >= 0.3 is 5.97 Å². The van der Waals surface area contributed by atoms with Crippen molar-refractivity contribution in [2.45, 2.75) is 475 Å². The van der Waals surface area contributed by atoms with Gasteiger partial charge in [0.05, 0.1) is 25.4 Å². The molecule has 0 aliphatic carbocycles.